The van der Waals surface area contributed by atoms with Crippen LogP contribution in [0.2, 0.25) is 0 Å². The lowest BCUT2D eigenvalue weighted by Gasteiger charge is -2.15. The van der Waals surface area contributed by atoms with Gasteiger partial charge in [-0.25, -0.2) is 13.2 Å². The lowest BCUT2D eigenvalue weighted by molar-refractivity contribution is -0.127. The molecule has 0 bridgehead atoms. The highest BCUT2D eigenvalue weighted by molar-refractivity contribution is 7.92. The summed E-state index contributed by atoms with van der Waals surface area (Å²) in [6.45, 7) is 1.25. The number of aryl methyl sites for hydroxylation is 2. The Balaban J connectivity index is 1.96. The van der Waals surface area contributed by atoms with Gasteiger partial charge in [-0.3, -0.25) is 13.9 Å². The standard InChI is InChI=1S/C15H19N3O4S/c1-16-12-6-5-11(9-13(12)17(2)15(16)20)23(21,22)10-14(19)18-7-3-4-8-18/h5-6,9H,3-4,7-8,10H2,1-2H3. The Morgan fingerprint density at radius 3 is 2.35 bits per heavy atom. The Morgan fingerprint density at radius 1 is 1.09 bits per heavy atom. The van der Waals surface area contributed by atoms with Gasteiger partial charge in [-0.05, 0) is 31.0 Å². The van der Waals surface area contributed by atoms with E-state index in [0.717, 1.165) is 12.8 Å². The lowest BCUT2D eigenvalue weighted by Crippen LogP contribution is -2.33. The maximum Gasteiger partial charge on any atom is 0.328 e. The van der Waals surface area contributed by atoms with Crippen molar-refractivity contribution in [2.45, 2.75) is 17.7 Å². The number of likely N-dealkylation sites (tertiary alicyclic amines) is 1. The molecule has 2 heterocycles. The number of hydrogen-bond donors (Lipinski definition) is 0. The van der Waals surface area contributed by atoms with Crippen LogP contribution in [0.4, 0.5) is 0 Å². The highest BCUT2D eigenvalue weighted by atomic mass is 32.2. The number of nitrogens with zero attached hydrogens (tertiary/aromatic N) is 3. The summed E-state index contributed by atoms with van der Waals surface area (Å²) < 4.78 is 27.9. The molecule has 0 saturated carbocycles. The smallest absolute Gasteiger partial charge is 0.328 e. The maximum atomic E-state index is 12.5. The molecule has 8 heteroatoms. The van der Waals surface area contributed by atoms with E-state index in [2.05, 4.69) is 0 Å². The first-order valence-electron chi connectivity index (χ1n) is 7.47. The minimum Gasteiger partial charge on any atom is -0.342 e. The molecule has 1 aliphatic heterocycles. The third-order valence-electron chi connectivity index (χ3n) is 4.37. The van der Waals surface area contributed by atoms with Gasteiger partial charge in [0.25, 0.3) is 0 Å². The quantitative estimate of drug-likeness (QED) is 0.805. The molecule has 124 valence electrons. The minimum atomic E-state index is -3.72. The van der Waals surface area contributed by atoms with Gasteiger partial charge in [-0.1, -0.05) is 0 Å². The molecule has 1 fully saturated rings. The molecule has 7 nitrogen and oxygen atoms in total. The number of rotatable bonds is 3. The molecule has 2 aromatic rings. The second kappa shape index (κ2) is 5.52. The molecule has 1 aromatic heterocycles. The zero-order valence-corrected chi connectivity index (χ0v) is 14.0. The summed E-state index contributed by atoms with van der Waals surface area (Å²) in [6.07, 6.45) is 1.84. The average molecular weight is 337 g/mol. The fourth-order valence-electron chi connectivity index (χ4n) is 2.98. The fourth-order valence-corrected chi connectivity index (χ4v) is 4.22. The second-order valence-corrected chi connectivity index (χ2v) is 7.89. The van der Waals surface area contributed by atoms with Crippen molar-refractivity contribution in [2.75, 3.05) is 18.8 Å². The minimum absolute atomic E-state index is 0.0683. The third kappa shape index (κ3) is 2.67. The van der Waals surface area contributed by atoms with Crippen molar-refractivity contribution in [2.24, 2.45) is 14.1 Å². The van der Waals surface area contributed by atoms with Gasteiger partial charge in [-0.2, -0.15) is 0 Å². The molecule has 1 aromatic carbocycles. The van der Waals surface area contributed by atoms with Crippen LogP contribution in [0.5, 0.6) is 0 Å². The topological polar surface area (TPSA) is 81.4 Å². The van der Waals surface area contributed by atoms with Crippen LogP contribution >= 0.6 is 0 Å². The van der Waals surface area contributed by atoms with Gasteiger partial charge < -0.3 is 4.90 Å². The first-order chi connectivity index (χ1) is 10.8. The molecule has 1 amide bonds. The zero-order valence-electron chi connectivity index (χ0n) is 13.2. The monoisotopic (exact) mass is 337 g/mol. The fraction of sp³-hybridized carbons (Fsp3) is 0.467. The van der Waals surface area contributed by atoms with E-state index in [1.54, 1.807) is 25.1 Å². The van der Waals surface area contributed by atoms with Gasteiger partial charge in [0.1, 0.15) is 5.75 Å². The second-order valence-electron chi connectivity index (χ2n) is 5.90. The van der Waals surface area contributed by atoms with E-state index in [1.165, 1.54) is 21.3 Å². The summed E-state index contributed by atoms with van der Waals surface area (Å²) in [4.78, 5) is 25.7. The molecule has 3 rings (SSSR count). The van der Waals surface area contributed by atoms with Crippen LogP contribution in [0, 0.1) is 0 Å². The van der Waals surface area contributed by atoms with Gasteiger partial charge in [0.15, 0.2) is 9.84 Å². The van der Waals surface area contributed by atoms with Crippen molar-refractivity contribution in [3.05, 3.63) is 28.7 Å². The van der Waals surface area contributed by atoms with E-state index in [4.69, 9.17) is 0 Å². The maximum absolute atomic E-state index is 12.5. The molecular weight excluding hydrogens is 318 g/mol. The van der Waals surface area contributed by atoms with Gasteiger partial charge in [0, 0.05) is 27.2 Å². The summed E-state index contributed by atoms with van der Waals surface area (Å²) in [5.41, 5.74) is 0.970. The van der Waals surface area contributed by atoms with Gasteiger partial charge >= 0.3 is 5.69 Å². The molecule has 0 radical (unpaired) electrons. The number of hydrogen-bond acceptors (Lipinski definition) is 4. The van der Waals surface area contributed by atoms with Crippen LogP contribution in [0.1, 0.15) is 12.8 Å². The summed E-state index contributed by atoms with van der Waals surface area (Å²) in [6, 6.07) is 4.52. The molecule has 23 heavy (non-hydrogen) atoms. The molecular formula is C15H19N3O4S. The normalized spacial score (nSPS) is 15.5. The van der Waals surface area contributed by atoms with E-state index in [0.29, 0.717) is 24.1 Å². The largest absolute Gasteiger partial charge is 0.342 e. The van der Waals surface area contributed by atoms with Crippen LogP contribution in [0.3, 0.4) is 0 Å². The van der Waals surface area contributed by atoms with Crippen molar-refractivity contribution < 1.29 is 13.2 Å². The van der Waals surface area contributed by atoms with Crippen molar-refractivity contribution in [1.82, 2.24) is 14.0 Å². The van der Waals surface area contributed by atoms with Gasteiger partial charge in [-0.15, -0.1) is 0 Å². The van der Waals surface area contributed by atoms with E-state index >= 15 is 0 Å². The highest BCUT2D eigenvalue weighted by Crippen LogP contribution is 2.19. The van der Waals surface area contributed by atoms with Gasteiger partial charge in [0.2, 0.25) is 5.91 Å². The van der Waals surface area contributed by atoms with Crippen molar-refractivity contribution in [3.63, 3.8) is 0 Å². The zero-order chi connectivity index (χ0) is 16.8. The van der Waals surface area contributed by atoms with Crippen LogP contribution in [0.25, 0.3) is 11.0 Å². The van der Waals surface area contributed by atoms with Crippen molar-refractivity contribution in [1.29, 1.82) is 0 Å². The molecule has 0 unspecified atom stereocenters. The molecule has 0 aliphatic carbocycles. The number of carbonyl (C=O) groups is 1. The first-order valence-corrected chi connectivity index (χ1v) is 9.12. The Hall–Kier alpha value is -2.09. The predicted octanol–water partition coefficient (Wildman–Crippen LogP) is 0.273. The number of amides is 1. The molecule has 1 saturated heterocycles. The Kier molecular flexibility index (Phi) is 3.79. The van der Waals surface area contributed by atoms with Crippen LogP contribution < -0.4 is 5.69 Å². The molecule has 0 N–H and O–H groups in total. The van der Waals surface area contributed by atoms with Crippen LogP contribution in [0.15, 0.2) is 27.9 Å². The predicted molar refractivity (Wildman–Crippen MR) is 86.0 cm³/mol. The Bertz CT molecular complexity index is 934. The number of sulfone groups is 1. The van der Waals surface area contributed by atoms with E-state index in [1.807, 2.05) is 0 Å². The van der Waals surface area contributed by atoms with E-state index in [-0.39, 0.29) is 16.5 Å². The average Bonchev–Trinajstić information content (AvgIpc) is 3.12. The molecule has 0 spiro atoms. The summed E-state index contributed by atoms with van der Waals surface area (Å²) in [5.74, 6) is -0.885. The van der Waals surface area contributed by atoms with Crippen LogP contribution in [-0.2, 0) is 28.7 Å². The first kappa shape index (κ1) is 15.8. The molecule has 0 atom stereocenters. The summed E-state index contributed by atoms with van der Waals surface area (Å²) in [5, 5.41) is 0. The SMILES string of the molecule is Cn1c(=O)n(C)c2cc(S(=O)(=O)CC(=O)N3CCCC3)ccc21. The third-order valence-corrected chi connectivity index (χ3v) is 5.97. The van der Waals surface area contributed by atoms with Gasteiger partial charge in [0.05, 0.1) is 15.9 Å². The summed E-state index contributed by atoms with van der Waals surface area (Å²) in [7, 11) is -0.496. The number of benzene rings is 1. The van der Waals surface area contributed by atoms with Crippen molar-refractivity contribution in [3.8, 4) is 0 Å². The number of aromatic nitrogens is 2. The van der Waals surface area contributed by atoms with Crippen LogP contribution in [-0.4, -0.2) is 47.2 Å². The van der Waals surface area contributed by atoms with E-state index in [9.17, 15) is 18.0 Å². The van der Waals surface area contributed by atoms with E-state index < -0.39 is 15.6 Å². The number of carbonyl (C=O) groups excluding carboxylic acids is 1. The van der Waals surface area contributed by atoms with Crippen molar-refractivity contribution >= 4 is 26.8 Å². The summed E-state index contributed by atoms with van der Waals surface area (Å²) >= 11 is 0. The number of fused-ring (bicyclic) bond motifs is 1. The lowest BCUT2D eigenvalue weighted by atomic mass is 10.3. The highest BCUT2D eigenvalue weighted by Gasteiger charge is 2.26. The Morgan fingerprint density at radius 2 is 1.70 bits per heavy atom. The Labute approximate surface area is 134 Å². The molecule has 1 aliphatic rings. The number of imidazole rings is 1.